The molecular weight excluding hydrogens is 376 g/mol. The summed E-state index contributed by atoms with van der Waals surface area (Å²) >= 11 is 2.59. The minimum Gasteiger partial charge on any atom is -0.508 e. The standard InChI is InChI=1S/C18H18O6S2/c19-13-1-5-15(6-2-13)25-11-17(21)23-9-10-24-18(22)12-26-16-7-3-14(20)4-8-16/h1-8,19-20H,9-12H2. The summed E-state index contributed by atoms with van der Waals surface area (Å²) in [7, 11) is 0. The average Bonchev–Trinajstić information content (AvgIpc) is 2.64. The molecule has 0 aliphatic carbocycles. The Labute approximate surface area is 159 Å². The van der Waals surface area contributed by atoms with E-state index in [1.54, 1.807) is 48.5 Å². The zero-order valence-electron chi connectivity index (χ0n) is 13.8. The molecule has 0 fully saturated rings. The summed E-state index contributed by atoms with van der Waals surface area (Å²) in [6, 6.07) is 13.0. The van der Waals surface area contributed by atoms with E-state index in [-0.39, 0.29) is 36.2 Å². The molecule has 0 saturated heterocycles. The summed E-state index contributed by atoms with van der Waals surface area (Å²) in [6.07, 6.45) is 0. The Morgan fingerprint density at radius 2 is 1.04 bits per heavy atom. The van der Waals surface area contributed by atoms with Gasteiger partial charge in [-0.3, -0.25) is 9.59 Å². The summed E-state index contributed by atoms with van der Waals surface area (Å²) in [5, 5.41) is 18.4. The van der Waals surface area contributed by atoms with Crippen LogP contribution in [0.2, 0.25) is 0 Å². The number of esters is 2. The summed E-state index contributed by atoms with van der Waals surface area (Å²) in [6.45, 7) is 0.00910. The monoisotopic (exact) mass is 394 g/mol. The molecule has 26 heavy (non-hydrogen) atoms. The second kappa shape index (κ2) is 10.6. The Balaban J connectivity index is 1.54. The van der Waals surface area contributed by atoms with Crippen LogP contribution in [-0.4, -0.2) is 46.9 Å². The Bertz CT molecular complexity index is 652. The highest BCUT2D eigenvalue weighted by molar-refractivity contribution is 8.00. The number of phenolic OH excluding ortho intramolecular Hbond substituents is 2. The molecule has 138 valence electrons. The molecule has 2 N–H and O–H groups in total. The number of rotatable bonds is 9. The van der Waals surface area contributed by atoms with Gasteiger partial charge in [0.25, 0.3) is 0 Å². The zero-order valence-corrected chi connectivity index (χ0v) is 15.4. The van der Waals surface area contributed by atoms with E-state index < -0.39 is 11.9 Å². The quantitative estimate of drug-likeness (QED) is 0.381. The van der Waals surface area contributed by atoms with Crippen LogP contribution in [0, 0.1) is 0 Å². The third-order valence-corrected chi connectivity index (χ3v) is 4.97. The smallest absolute Gasteiger partial charge is 0.316 e. The molecule has 0 aliphatic rings. The number of thioether (sulfide) groups is 2. The maximum absolute atomic E-state index is 11.6. The van der Waals surface area contributed by atoms with Crippen LogP contribution in [-0.2, 0) is 19.1 Å². The molecule has 2 aromatic carbocycles. The van der Waals surface area contributed by atoms with Gasteiger partial charge in [0.1, 0.15) is 24.7 Å². The Morgan fingerprint density at radius 3 is 1.38 bits per heavy atom. The predicted molar refractivity (Wildman–Crippen MR) is 99.6 cm³/mol. The van der Waals surface area contributed by atoms with Crippen molar-refractivity contribution in [1.29, 1.82) is 0 Å². The topological polar surface area (TPSA) is 93.1 Å². The van der Waals surface area contributed by atoms with E-state index in [1.165, 1.54) is 23.5 Å². The Morgan fingerprint density at radius 1 is 0.692 bits per heavy atom. The minimum atomic E-state index is -0.405. The van der Waals surface area contributed by atoms with Gasteiger partial charge in [-0.25, -0.2) is 0 Å². The first kappa shape index (κ1) is 20.0. The maximum Gasteiger partial charge on any atom is 0.316 e. The molecule has 2 aromatic rings. The molecule has 0 aromatic heterocycles. The molecule has 8 heteroatoms. The number of benzene rings is 2. The van der Waals surface area contributed by atoms with E-state index in [4.69, 9.17) is 9.47 Å². The van der Waals surface area contributed by atoms with Crippen molar-refractivity contribution in [3.8, 4) is 11.5 Å². The number of phenols is 2. The Kier molecular flexibility index (Phi) is 8.17. The summed E-state index contributed by atoms with van der Waals surface area (Å²) in [4.78, 5) is 24.9. The SMILES string of the molecule is O=C(CSc1ccc(O)cc1)OCCOC(=O)CSc1ccc(O)cc1. The highest BCUT2D eigenvalue weighted by atomic mass is 32.2. The first-order chi connectivity index (χ1) is 12.5. The lowest BCUT2D eigenvalue weighted by Crippen LogP contribution is -2.16. The lowest BCUT2D eigenvalue weighted by molar-refractivity contribution is -0.148. The number of aromatic hydroxyl groups is 2. The zero-order chi connectivity index (χ0) is 18.8. The molecule has 0 spiro atoms. The van der Waals surface area contributed by atoms with Gasteiger partial charge in [-0.15, -0.1) is 23.5 Å². The average molecular weight is 394 g/mol. The molecular formula is C18H18O6S2. The third kappa shape index (κ3) is 7.71. The molecule has 0 atom stereocenters. The van der Waals surface area contributed by atoms with Crippen molar-refractivity contribution >= 4 is 35.5 Å². The lowest BCUT2D eigenvalue weighted by Gasteiger charge is -2.07. The lowest BCUT2D eigenvalue weighted by atomic mass is 10.3. The number of carbonyl (C=O) groups excluding carboxylic acids is 2. The van der Waals surface area contributed by atoms with Crippen molar-refractivity contribution in [3.63, 3.8) is 0 Å². The van der Waals surface area contributed by atoms with Crippen molar-refractivity contribution in [2.45, 2.75) is 9.79 Å². The van der Waals surface area contributed by atoms with Crippen molar-refractivity contribution in [3.05, 3.63) is 48.5 Å². The number of ether oxygens (including phenoxy) is 2. The second-order valence-electron chi connectivity index (χ2n) is 5.01. The normalized spacial score (nSPS) is 10.3. The van der Waals surface area contributed by atoms with E-state index in [9.17, 15) is 19.8 Å². The van der Waals surface area contributed by atoms with E-state index >= 15 is 0 Å². The van der Waals surface area contributed by atoms with Gasteiger partial charge in [0, 0.05) is 9.79 Å². The molecule has 0 aliphatic heterocycles. The number of carbonyl (C=O) groups is 2. The number of hydrogen-bond donors (Lipinski definition) is 2. The van der Waals surface area contributed by atoms with E-state index in [1.807, 2.05) is 0 Å². The van der Waals surface area contributed by atoms with Crippen LogP contribution in [0.15, 0.2) is 58.3 Å². The molecule has 6 nitrogen and oxygen atoms in total. The Hall–Kier alpha value is -2.32. The molecule has 0 bridgehead atoms. The van der Waals surface area contributed by atoms with E-state index in [2.05, 4.69) is 0 Å². The van der Waals surface area contributed by atoms with Crippen molar-refractivity contribution in [2.24, 2.45) is 0 Å². The van der Waals surface area contributed by atoms with Crippen LogP contribution in [0.25, 0.3) is 0 Å². The third-order valence-electron chi connectivity index (χ3n) is 3.00. The van der Waals surface area contributed by atoms with Crippen LogP contribution in [0.5, 0.6) is 11.5 Å². The first-order valence-corrected chi connectivity index (χ1v) is 9.65. The van der Waals surface area contributed by atoms with Crippen molar-refractivity contribution in [1.82, 2.24) is 0 Å². The van der Waals surface area contributed by atoms with Gasteiger partial charge < -0.3 is 19.7 Å². The predicted octanol–water partition coefficient (Wildman–Crippen LogP) is 3.07. The van der Waals surface area contributed by atoms with Crippen LogP contribution >= 0.6 is 23.5 Å². The van der Waals surface area contributed by atoms with Crippen LogP contribution in [0.1, 0.15) is 0 Å². The van der Waals surface area contributed by atoms with Crippen molar-refractivity contribution in [2.75, 3.05) is 24.7 Å². The van der Waals surface area contributed by atoms with Crippen LogP contribution < -0.4 is 0 Å². The fourth-order valence-corrected chi connectivity index (χ4v) is 3.16. The molecule has 0 unspecified atom stereocenters. The summed E-state index contributed by atoms with van der Waals surface area (Å²) in [5.74, 6) is -0.204. The molecule has 0 amide bonds. The van der Waals surface area contributed by atoms with Gasteiger partial charge in [0.15, 0.2) is 0 Å². The van der Waals surface area contributed by atoms with E-state index in [0.29, 0.717) is 0 Å². The maximum atomic E-state index is 11.6. The number of hydrogen-bond acceptors (Lipinski definition) is 8. The first-order valence-electron chi connectivity index (χ1n) is 7.68. The van der Waals surface area contributed by atoms with Crippen molar-refractivity contribution < 1.29 is 29.3 Å². The molecule has 0 heterocycles. The fraction of sp³-hybridized carbons (Fsp3) is 0.222. The summed E-state index contributed by atoms with van der Waals surface area (Å²) in [5.41, 5.74) is 0. The van der Waals surface area contributed by atoms with Gasteiger partial charge in [-0.05, 0) is 48.5 Å². The summed E-state index contributed by atoms with van der Waals surface area (Å²) < 4.78 is 9.99. The fourth-order valence-electron chi connectivity index (χ4n) is 1.76. The molecule has 2 rings (SSSR count). The van der Waals surface area contributed by atoms with Gasteiger partial charge in [-0.1, -0.05) is 0 Å². The highest BCUT2D eigenvalue weighted by Gasteiger charge is 2.07. The van der Waals surface area contributed by atoms with Crippen LogP contribution in [0.4, 0.5) is 0 Å². The highest BCUT2D eigenvalue weighted by Crippen LogP contribution is 2.21. The van der Waals surface area contributed by atoms with E-state index in [0.717, 1.165) is 9.79 Å². The van der Waals surface area contributed by atoms with Gasteiger partial charge in [0.05, 0.1) is 11.5 Å². The van der Waals surface area contributed by atoms with Gasteiger partial charge >= 0.3 is 11.9 Å². The minimum absolute atomic E-state index is 0.00455. The van der Waals surface area contributed by atoms with Gasteiger partial charge in [-0.2, -0.15) is 0 Å². The van der Waals surface area contributed by atoms with Gasteiger partial charge in [0.2, 0.25) is 0 Å². The molecule has 0 radical (unpaired) electrons. The largest absolute Gasteiger partial charge is 0.508 e. The second-order valence-corrected chi connectivity index (χ2v) is 7.10. The van der Waals surface area contributed by atoms with Crippen LogP contribution in [0.3, 0.4) is 0 Å². The molecule has 0 saturated carbocycles.